The number of nitrogens with one attached hydrogen (secondary N) is 1. The van der Waals surface area contributed by atoms with Crippen molar-refractivity contribution in [2.45, 2.75) is 76.0 Å². The summed E-state index contributed by atoms with van der Waals surface area (Å²) in [5.41, 5.74) is 1.31. The normalized spacial score (nSPS) is 25.0. The molecule has 0 unspecified atom stereocenters. The average Bonchev–Trinajstić information content (AvgIpc) is 3.55. The van der Waals surface area contributed by atoms with Crippen LogP contribution < -0.4 is 10.1 Å². The zero-order valence-corrected chi connectivity index (χ0v) is 21.2. The van der Waals surface area contributed by atoms with Gasteiger partial charge in [0.05, 0.1) is 18.6 Å². The molecule has 0 aromatic heterocycles. The van der Waals surface area contributed by atoms with Crippen molar-refractivity contribution in [2.24, 2.45) is 5.92 Å². The van der Waals surface area contributed by atoms with Gasteiger partial charge in [0.1, 0.15) is 18.0 Å². The Morgan fingerprint density at radius 2 is 2.00 bits per heavy atom. The number of amides is 2. The van der Waals surface area contributed by atoms with Crippen LogP contribution in [0.4, 0.5) is 0 Å². The average molecular weight is 501 g/mol. The smallest absolute Gasteiger partial charge is 0.247 e. The standard InChI is InChI=1S/C28H40N2O6/c1-2-35-17-7-15-30(24(32)13-12-19-8-3-4-9-19)22-18-21(28(34)29-14-16-31)25-20-10-5-6-11-23(20)36-27(25)26(22)33/h5-6,10-11,18-19,22,25-27,31,33H,2-4,7-9,12-17H2,1H3,(H,29,34)/t22-,25+,26+,27+/m1/s1. The lowest BCUT2D eigenvalue weighted by molar-refractivity contribution is -0.137. The van der Waals surface area contributed by atoms with E-state index in [1.165, 1.54) is 25.7 Å². The van der Waals surface area contributed by atoms with E-state index in [-0.39, 0.29) is 25.0 Å². The van der Waals surface area contributed by atoms with Crippen molar-refractivity contribution in [3.8, 4) is 5.75 Å². The number of ether oxygens (including phenoxy) is 2. The van der Waals surface area contributed by atoms with Crippen LogP contribution in [0.3, 0.4) is 0 Å². The number of rotatable bonds is 12. The van der Waals surface area contributed by atoms with Gasteiger partial charge in [-0.3, -0.25) is 9.59 Å². The highest BCUT2D eigenvalue weighted by Crippen LogP contribution is 2.47. The quantitative estimate of drug-likeness (QED) is 0.381. The Kier molecular flexibility index (Phi) is 9.40. The monoisotopic (exact) mass is 500 g/mol. The molecular formula is C28H40N2O6. The van der Waals surface area contributed by atoms with Gasteiger partial charge in [0, 0.05) is 43.9 Å². The van der Waals surface area contributed by atoms with E-state index in [0.717, 1.165) is 12.0 Å². The van der Waals surface area contributed by atoms with Gasteiger partial charge in [-0.2, -0.15) is 0 Å². The first-order valence-electron chi connectivity index (χ1n) is 13.5. The number of hydrogen-bond acceptors (Lipinski definition) is 6. The van der Waals surface area contributed by atoms with Gasteiger partial charge in [-0.25, -0.2) is 0 Å². The molecule has 4 rings (SSSR count). The Labute approximate surface area is 213 Å². The second-order valence-electron chi connectivity index (χ2n) is 10.0. The Morgan fingerprint density at radius 1 is 1.22 bits per heavy atom. The maximum atomic E-state index is 13.5. The van der Waals surface area contributed by atoms with Crippen molar-refractivity contribution in [1.29, 1.82) is 0 Å². The summed E-state index contributed by atoms with van der Waals surface area (Å²) in [6.07, 6.45) is 6.82. The van der Waals surface area contributed by atoms with E-state index < -0.39 is 24.2 Å². The van der Waals surface area contributed by atoms with Crippen LogP contribution in [-0.2, 0) is 14.3 Å². The third kappa shape index (κ3) is 5.93. The van der Waals surface area contributed by atoms with Crippen LogP contribution in [0.2, 0.25) is 0 Å². The molecule has 8 nitrogen and oxygen atoms in total. The van der Waals surface area contributed by atoms with E-state index in [2.05, 4.69) is 5.32 Å². The number of aliphatic hydroxyl groups is 2. The van der Waals surface area contributed by atoms with Gasteiger partial charge in [0.25, 0.3) is 0 Å². The van der Waals surface area contributed by atoms with Crippen LogP contribution in [-0.4, -0.2) is 78.1 Å². The summed E-state index contributed by atoms with van der Waals surface area (Å²) in [4.78, 5) is 28.5. The topological polar surface area (TPSA) is 108 Å². The molecule has 1 heterocycles. The number of hydrogen-bond donors (Lipinski definition) is 3. The van der Waals surface area contributed by atoms with E-state index in [0.29, 0.717) is 49.8 Å². The molecule has 0 radical (unpaired) electrons. The number of benzene rings is 1. The third-order valence-corrected chi connectivity index (χ3v) is 7.69. The highest BCUT2D eigenvalue weighted by molar-refractivity contribution is 5.96. The predicted octanol–water partition coefficient (Wildman–Crippen LogP) is 2.53. The fourth-order valence-electron chi connectivity index (χ4n) is 5.88. The molecule has 4 atom stereocenters. The van der Waals surface area contributed by atoms with E-state index >= 15 is 0 Å². The summed E-state index contributed by atoms with van der Waals surface area (Å²) in [7, 11) is 0. The molecular weight excluding hydrogens is 460 g/mol. The highest BCUT2D eigenvalue weighted by Gasteiger charge is 2.50. The predicted molar refractivity (Wildman–Crippen MR) is 136 cm³/mol. The second kappa shape index (κ2) is 12.7. The number of aliphatic hydroxyl groups excluding tert-OH is 2. The maximum absolute atomic E-state index is 13.5. The molecule has 0 saturated heterocycles. The summed E-state index contributed by atoms with van der Waals surface area (Å²) in [5.74, 6) is 0.461. The number of para-hydroxylation sites is 1. The van der Waals surface area contributed by atoms with Crippen LogP contribution in [0.25, 0.3) is 0 Å². The van der Waals surface area contributed by atoms with Gasteiger partial charge < -0.3 is 29.9 Å². The number of fused-ring (bicyclic) bond motifs is 3. The van der Waals surface area contributed by atoms with Gasteiger partial charge >= 0.3 is 0 Å². The summed E-state index contributed by atoms with van der Waals surface area (Å²) in [5, 5.41) is 23.5. The molecule has 0 spiro atoms. The van der Waals surface area contributed by atoms with E-state index in [1.807, 2.05) is 31.2 Å². The lowest BCUT2D eigenvalue weighted by Gasteiger charge is -2.41. The highest BCUT2D eigenvalue weighted by atomic mass is 16.5. The molecule has 1 fully saturated rings. The molecule has 198 valence electrons. The molecule has 2 amide bonds. The molecule has 8 heteroatoms. The molecule has 1 aromatic rings. The number of nitrogens with zero attached hydrogens (tertiary/aromatic N) is 1. The van der Waals surface area contributed by atoms with Crippen LogP contribution in [0.1, 0.15) is 63.4 Å². The van der Waals surface area contributed by atoms with Crippen LogP contribution in [0.15, 0.2) is 35.9 Å². The zero-order valence-electron chi connectivity index (χ0n) is 21.2. The van der Waals surface area contributed by atoms with Crippen LogP contribution in [0.5, 0.6) is 5.75 Å². The SMILES string of the molecule is CCOCCCN(C(=O)CCC1CCCC1)[C@@H]1C=C(C(=O)NCCO)[C@@H]2c3ccccc3O[C@@H]2[C@H]1O. The molecule has 0 bridgehead atoms. The Morgan fingerprint density at radius 3 is 2.75 bits per heavy atom. The first-order valence-corrected chi connectivity index (χ1v) is 13.5. The summed E-state index contributed by atoms with van der Waals surface area (Å²) < 4.78 is 11.7. The van der Waals surface area contributed by atoms with Crippen molar-refractivity contribution in [2.75, 3.05) is 32.9 Å². The fraction of sp³-hybridized carbons (Fsp3) is 0.643. The molecule has 1 saturated carbocycles. The fourth-order valence-corrected chi connectivity index (χ4v) is 5.88. The van der Waals surface area contributed by atoms with Crippen LogP contribution >= 0.6 is 0 Å². The third-order valence-electron chi connectivity index (χ3n) is 7.69. The van der Waals surface area contributed by atoms with Gasteiger partial charge in [-0.1, -0.05) is 43.9 Å². The van der Waals surface area contributed by atoms with Crippen molar-refractivity contribution in [3.05, 3.63) is 41.5 Å². The van der Waals surface area contributed by atoms with Crippen molar-refractivity contribution in [3.63, 3.8) is 0 Å². The molecule has 3 aliphatic rings. The molecule has 1 aliphatic heterocycles. The molecule has 2 aliphatic carbocycles. The second-order valence-corrected chi connectivity index (χ2v) is 10.0. The van der Waals surface area contributed by atoms with Crippen LogP contribution in [0, 0.1) is 5.92 Å². The lowest BCUT2D eigenvalue weighted by Crippen LogP contribution is -2.56. The van der Waals surface area contributed by atoms with E-state index in [4.69, 9.17) is 9.47 Å². The van der Waals surface area contributed by atoms with E-state index in [9.17, 15) is 19.8 Å². The largest absolute Gasteiger partial charge is 0.486 e. The summed E-state index contributed by atoms with van der Waals surface area (Å²) in [6, 6.07) is 6.81. The van der Waals surface area contributed by atoms with E-state index in [1.54, 1.807) is 11.0 Å². The lowest BCUT2D eigenvalue weighted by atomic mass is 9.77. The first kappa shape index (κ1) is 26.6. The molecule has 1 aromatic carbocycles. The minimum atomic E-state index is -0.987. The molecule has 36 heavy (non-hydrogen) atoms. The van der Waals surface area contributed by atoms with Crippen molar-refractivity contribution >= 4 is 11.8 Å². The van der Waals surface area contributed by atoms with Crippen molar-refractivity contribution in [1.82, 2.24) is 10.2 Å². The summed E-state index contributed by atoms with van der Waals surface area (Å²) in [6.45, 7) is 3.44. The molecule has 3 N–H and O–H groups in total. The summed E-state index contributed by atoms with van der Waals surface area (Å²) >= 11 is 0. The van der Waals surface area contributed by atoms with Gasteiger partial charge in [-0.05, 0) is 37.8 Å². The number of carbonyl (C=O) groups excluding carboxylic acids is 2. The zero-order chi connectivity index (χ0) is 25.5. The van der Waals surface area contributed by atoms with Gasteiger partial charge in [0.2, 0.25) is 11.8 Å². The van der Waals surface area contributed by atoms with Gasteiger partial charge in [0.15, 0.2) is 0 Å². The Balaban J connectivity index is 1.61. The maximum Gasteiger partial charge on any atom is 0.247 e. The first-order chi connectivity index (χ1) is 17.5. The van der Waals surface area contributed by atoms with Crippen molar-refractivity contribution < 1.29 is 29.3 Å². The Hall–Kier alpha value is -2.42. The Bertz CT molecular complexity index is 928. The minimum absolute atomic E-state index is 0.0113. The van der Waals surface area contributed by atoms with Gasteiger partial charge in [-0.15, -0.1) is 0 Å². The minimum Gasteiger partial charge on any atom is -0.486 e. The number of carbonyl (C=O) groups is 2.